The fourth-order valence-electron chi connectivity index (χ4n) is 7.86. The maximum absolute atomic E-state index is 11.2. The van der Waals surface area contributed by atoms with Gasteiger partial charge in [-0.2, -0.15) is 0 Å². The van der Waals surface area contributed by atoms with Crippen LogP contribution in [0.3, 0.4) is 0 Å². The molecule has 0 heterocycles. The number of fused-ring (bicyclic) bond motifs is 5. The van der Waals surface area contributed by atoms with Crippen LogP contribution in [0.1, 0.15) is 52.4 Å². The predicted molar refractivity (Wildman–Crippen MR) is 107 cm³/mol. The second-order valence-electron chi connectivity index (χ2n) is 10.4. The van der Waals surface area contributed by atoms with Crippen molar-refractivity contribution in [3.63, 3.8) is 0 Å². The van der Waals surface area contributed by atoms with Crippen molar-refractivity contribution in [2.75, 3.05) is 20.8 Å². The van der Waals surface area contributed by atoms with Gasteiger partial charge >= 0.3 is 0 Å². The fraction of sp³-hybridized carbons (Fsp3) is 0.913. The van der Waals surface area contributed by atoms with Crippen molar-refractivity contribution in [1.82, 2.24) is 0 Å². The fourth-order valence-corrected chi connectivity index (χ4v) is 7.86. The zero-order valence-corrected chi connectivity index (χ0v) is 17.8. The topological polar surface area (TPSA) is 79.2 Å². The standard InChI is InChI=1S/C23H38O5/c1-22-8-7-16-21(15(22)6-5-14(22)19(26)12-27-3)17(24)9-13-10-20(28-4)18(25)11-23(13,16)2/h9,14-21,24-26H,5-8,10-12H2,1-4H3. The van der Waals surface area contributed by atoms with E-state index in [1.807, 2.05) is 0 Å². The van der Waals surface area contributed by atoms with Gasteiger partial charge in [-0.15, -0.1) is 0 Å². The first kappa shape index (κ1) is 20.8. The van der Waals surface area contributed by atoms with Crippen molar-refractivity contribution >= 4 is 0 Å². The molecule has 10 atom stereocenters. The Morgan fingerprint density at radius 3 is 2.57 bits per heavy atom. The summed E-state index contributed by atoms with van der Waals surface area (Å²) < 4.78 is 10.7. The van der Waals surface area contributed by atoms with E-state index in [4.69, 9.17) is 9.47 Å². The molecule has 28 heavy (non-hydrogen) atoms. The predicted octanol–water partition coefficient (Wildman–Crippen LogP) is 2.53. The minimum Gasteiger partial charge on any atom is -0.390 e. The summed E-state index contributed by atoms with van der Waals surface area (Å²) in [5, 5.41) is 32.6. The number of aliphatic hydroxyl groups is 3. The lowest BCUT2D eigenvalue weighted by Gasteiger charge is -2.60. The van der Waals surface area contributed by atoms with E-state index in [-0.39, 0.29) is 28.8 Å². The lowest BCUT2D eigenvalue weighted by molar-refractivity contribution is -0.128. The van der Waals surface area contributed by atoms with Gasteiger partial charge in [-0.25, -0.2) is 0 Å². The average Bonchev–Trinajstić information content (AvgIpc) is 2.99. The number of rotatable bonds is 4. The van der Waals surface area contributed by atoms with E-state index in [1.165, 1.54) is 5.57 Å². The molecule has 4 aliphatic carbocycles. The van der Waals surface area contributed by atoms with Crippen LogP contribution in [0.4, 0.5) is 0 Å². The first-order chi connectivity index (χ1) is 13.3. The Hall–Kier alpha value is -0.460. The Balaban J connectivity index is 1.65. The van der Waals surface area contributed by atoms with Crippen LogP contribution < -0.4 is 0 Å². The lowest BCUT2D eigenvalue weighted by atomic mass is 9.46. The van der Waals surface area contributed by atoms with Gasteiger partial charge < -0.3 is 24.8 Å². The molecule has 4 rings (SSSR count). The normalized spacial score (nSPS) is 51.7. The largest absolute Gasteiger partial charge is 0.390 e. The van der Waals surface area contributed by atoms with Gasteiger partial charge in [0.1, 0.15) is 0 Å². The molecule has 0 aliphatic heterocycles. The summed E-state index contributed by atoms with van der Waals surface area (Å²) in [4.78, 5) is 0. The third kappa shape index (κ3) is 2.92. The molecule has 0 saturated heterocycles. The maximum atomic E-state index is 11.2. The van der Waals surface area contributed by atoms with Crippen LogP contribution >= 0.6 is 0 Å². The van der Waals surface area contributed by atoms with Crippen LogP contribution in [0.5, 0.6) is 0 Å². The molecule has 10 unspecified atom stereocenters. The maximum Gasteiger partial charge on any atom is 0.0867 e. The molecular weight excluding hydrogens is 356 g/mol. The molecule has 3 N–H and O–H groups in total. The smallest absolute Gasteiger partial charge is 0.0867 e. The summed E-state index contributed by atoms with van der Waals surface area (Å²) in [6.45, 7) is 5.01. The van der Waals surface area contributed by atoms with E-state index in [0.717, 1.165) is 25.7 Å². The van der Waals surface area contributed by atoms with Crippen molar-refractivity contribution in [3.05, 3.63) is 11.6 Å². The van der Waals surface area contributed by atoms with Gasteiger partial charge in [0.05, 0.1) is 31.0 Å². The summed E-state index contributed by atoms with van der Waals surface area (Å²) in [7, 11) is 3.31. The molecule has 160 valence electrons. The highest BCUT2D eigenvalue weighted by Gasteiger charge is 2.62. The minimum absolute atomic E-state index is 0.0458. The summed E-state index contributed by atoms with van der Waals surface area (Å²) in [6, 6.07) is 0. The van der Waals surface area contributed by atoms with E-state index >= 15 is 0 Å². The van der Waals surface area contributed by atoms with Gasteiger partial charge in [0.2, 0.25) is 0 Å². The van der Waals surface area contributed by atoms with E-state index in [0.29, 0.717) is 31.3 Å². The molecule has 3 saturated carbocycles. The SMILES string of the molecule is COCC(O)C1CCC2C3C(O)C=C4CC(OC)C(O)CC4(C)C3CCC12C. The summed E-state index contributed by atoms with van der Waals surface area (Å²) in [5.74, 6) is 1.23. The van der Waals surface area contributed by atoms with E-state index in [9.17, 15) is 15.3 Å². The summed E-state index contributed by atoms with van der Waals surface area (Å²) >= 11 is 0. The number of methoxy groups -OCH3 is 2. The minimum atomic E-state index is -0.448. The van der Waals surface area contributed by atoms with Crippen molar-refractivity contribution in [3.8, 4) is 0 Å². The Morgan fingerprint density at radius 1 is 1.14 bits per heavy atom. The van der Waals surface area contributed by atoms with Crippen LogP contribution in [0.25, 0.3) is 0 Å². The van der Waals surface area contributed by atoms with Crippen LogP contribution in [0.15, 0.2) is 11.6 Å². The molecule has 3 fully saturated rings. The molecule has 0 radical (unpaired) electrons. The van der Waals surface area contributed by atoms with E-state index in [2.05, 4.69) is 19.9 Å². The van der Waals surface area contributed by atoms with Gasteiger partial charge in [-0.05, 0) is 73.0 Å². The molecule has 0 aromatic heterocycles. The highest BCUT2D eigenvalue weighted by molar-refractivity contribution is 5.29. The second-order valence-corrected chi connectivity index (χ2v) is 10.4. The van der Waals surface area contributed by atoms with Crippen molar-refractivity contribution < 1.29 is 24.8 Å². The third-order valence-corrected chi connectivity index (χ3v) is 9.31. The van der Waals surface area contributed by atoms with Gasteiger partial charge in [0, 0.05) is 14.2 Å². The number of ether oxygens (including phenoxy) is 2. The third-order valence-electron chi connectivity index (χ3n) is 9.31. The second kappa shape index (κ2) is 7.35. The molecule has 5 nitrogen and oxygen atoms in total. The van der Waals surface area contributed by atoms with Crippen LogP contribution in [-0.4, -0.2) is 60.6 Å². The molecule has 4 aliphatic rings. The molecular formula is C23H38O5. The average molecular weight is 395 g/mol. The molecule has 0 aromatic rings. The highest BCUT2D eigenvalue weighted by Crippen LogP contribution is 2.66. The Bertz CT molecular complexity index is 620. The monoisotopic (exact) mass is 394 g/mol. The molecule has 0 aromatic carbocycles. The van der Waals surface area contributed by atoms with Gasteiger partial charge in [0.25, 0.3) is 0 Å². The summed E-state index contributed by atoms with van der Waals surface area (Å²) in [5.41, 5.74) is 1.25. The van der Waals surface area contributed by atoms with Crippen molar-refractivity contribution in [1.29, 1.82) is 0 Å². The quantitative estimate of drug-likeness (QED) is 0.639. The molecule has 5 heteroatoms. The Morgan fingerprint density at radius 2 is 1.89 bits per heavy atom. The van der Waals surface area contributed by atoms with E-state index in [1.54, 1.807) is 14.2 Å². The van der Waals surface area contributed by atoms with Crippen LogP contribution in [0, 0.1) is 34.5 Å². The van der Waals surface area contributed by atoms with Crippen molar-refractivity contribution in [2.45, 2.75) is 76.8 Å². The van der Waals surface area contributed by atoms with Gasteiger partial charge in [0.15, 0.2) is 0 Å². The first-order valence-electron chi connectivity index (χ1n) is 11.0. The Kier molecular flexibility index (Phi) is 5.46. The first-order valence-corrected chi connectivity index (χ1v) is 11.0. The number of aliphatic hydroxyl groups excluding tert-OH is 3. The van der Waals surface area contributed by atoms with Gasteiger partial charge in [-0.1, -0.05) is 25.5 Å². The molecule has 0 spiro atoms. The van der Waals surface area contributed by atoms with Crippen LogP contribution in [-0.2, 0) is 9.47 Å². The molecule has 0 bridgehead atoms. The number of hydrogen-bond acceptors (Lipinski definition) is 5. The Labute approximate surface area is 169 Å². The molecule has 0 amide bonds. The lowest BCUT2D eigenvalue weighted by Crippen LogP contribution is -2.57. The summed E-state index contributed by atoms with van der Waals surface area (Å²) in [6.07, 6.45) is 6.20. The van der Waals surface area contributed by atoms with Crippen molar-refractivity contribution in [2.24, 2.45) is 34.5 Å². The zero-order chi connectivity index (χ0) is 20.3. The highest BCUT2D eigenvalue weighted by atomic mass is 16.5. The van der Waals surface area contributed by atoms with Gasteiger partial charge in [-0.3, -0.25) is 0 Å². The zero-order valence-electron chi connectivity index (χ0n) is 17.8. The van der Waals surface area contributed by atoms with E-state index < -0.39 is 18.3 Å². The van der Waals surface area contributed by atoms with Crippen LogP contribution in [0.2, 0.25) is 0 Å². The number of hydrogen-bond donors (Lipinski definition) is 3.